The van der Waals surface area contributed by atoms with Crippen molar-refractivity contribution in [2.75, 3.05) is 19.0 Å². The van der Waals surface area contributed by atoms with Gasteiger partial charge >= 0.3 is 11.9 Å². The molecule has 0 saturated heterocycles. The van der Waals surface area contributed by atoms with Crippen molar-refractivity contribution in [1.82, 2.24) is 0 Å². The maximum Gasteiger partial charge on any atom is 0.337 e. The number of benzene rings is 1. The van der Waals surface area contributed by atoms with E-state index in [4.69, 9.17) is 5.11 Å². The van der Waals surface area contributed by atoms with Crippen LogP contribution in [0.25, 0.3) is 0 Å². The number of aliphatic carboxylic acids is 1. The van der Waals surface area contributed by atoms with Gasteiger partial charge in [0.05, 0.1) is 18.8 Å². The van der Waals surface area contributed by atoms with Crippen LogP contribution in [0.4, 0.5) is 5.69 Å². The van der Waals surface area contributed by atoms with Gasteiger partial charge in [0.25, 0.3) is 0 Å². The van der Waals surface area contributed by atoms with Crippen molar-refractivity contribution in [3.8, 4) is 0 Å². The molecule has 0 aliphatic heterocycles. The first-order valence-electron chi connectivity index (χ1n) is 5.85. The van der Waals surface area contributed by atoms with Gasteiger partial charge in [-0.15, -0.1) is 0 Å². The van der Waals surface area contributed by atoms with Gasteiger partial charge < -0.3 is 20.3 Å². The molecule has 104 valence electrons. The van der Waals surface area contributed by atoms with Gasteiger partial charge in [0.2, 0.25) is 0 Å². The first-order chi connectivity index (χ1) is 9.02. The van der Waals surface area contributed by atoms with Gasteiger partial charge in [-0.1, -0.05) is 6.07 Å². The molecule has 0 aliphatic rings. The summed E-state index contributed by atoms with van der Waals surface area (Å²) in [5, 5.41) is 21.0. The standard InChI is InChI=1S/C13H17NO5/c1-19-13(18)9-3-2-4-10(7-9)14-8-11(15)5-6-12(16)17/h2-4,7,11,14-15H,5-6,8H2,1H3,(H,16,17). The molecule has 0 aromatic heterocycles. The predicted octanol–water partition coefficient (Wildman–Crippen LogP) is 1.11. The van der Waals surface area contributed by atoms with Crippen LogP contribution < -0.4 is 5.32 Å². The monoisotopic (exact) mass is 267 g/mol. The maximum absolute atomic E-state index is 11.3. The minimum atomic E-state index is -0.938. The van der Waals surface area contributed by atoms with Crippen molar-refractivity contribution < 1.29 is 24.5 Å². The molecule has 0 saturated carbocycles. The van der Waals surface area contributed by atoms with Gasteiger partial charge in [-0.05, 0) is 24.6 Å². The van der Waals surface area contributed by atoms with Crippen LogP contribution in [-0.4, -0.2) is 41.9 Å². The van der Waals surface area contributed by atoms with E-state index in [1.807, 2.05) is 0 Å². The zero-order valence-corrected chi connectivity index (χ0v) is 10.6. The SMILES string of the molecule is COC(=O)c1cccc(NCC(O)CCC(=O)O)c1. The molecule has 1 aromatic rings. The van der Waals surface area contributed by atoms with Crippen LogP contribution in [0.15, 0.2) is 24.3 Å². The number of carbonyl (C=O) groups is 2. The smallest absolute Gasteiger partial charge is 0.337 e. The van der Waals surface area contributed by atoms with E-state index in [9.17, 15) is 14.7 Å². The van der Waals surface area contributed by atoms with E-state index in [0.29, 0.717) is 11.3 Å². The van der Waals surface area contributed by atoms with E-state index < -0.39 is 18.0 Å². The highest BCUT2D eigenvalue weighted by molar-refractivity contribution is 5.90. The van der Waals surface area contributed by atoms with Crippen molar-refractivity contribution in [1.29, 1.82) is 0 Å². The number of ether oxygens (including phenoxy) is 1. The molecule has 3 N–H and O–H groups in total. The zero-order chi connectivity index (χ0) is 14.3. The molecule has 0 fully saturated rings. The second kappa shape index (κ2) is 7.38. The number of carboxylic acid groups (broad SMARTS) is 1. The molecule has 1 atom stereocenters. The number of methoxy groups -OCH3 is 1. The number of rotatable bonds is 7. The Morgan fingerprint density at radius 1 is 1.42 bits per heavy atom. The molecule has 6 heteroatoms. The largest absolute Gasteiger partial charge is 0.481 e. The van der Waals surface area contributed by atoms with Crippen LogP contribution in [-0.2, 0) is 9.53 Å². The minimum absolute atomic E-state index is 0.0783. The van der Waals surface area contributed by atoms with Gasteiger partial charge in [0, 0.05) is 18.7 Å². The molecular formula is C13H17NO5. The van der Waals surface area contributed by atoms with Crippen LogP contribution in [0, 0.1) is 0 Å². The summed E-state index contributed by atoms with van der Waals surface area (Å²) < 4.78 is 4.60. The highest BCUT2D eigenvalue weighted by atomic mass is 16.5. The maximum atomic E-state index is 11.3. The van der Waals surface area contributed by atoms with Crippen molar-refractivity contribution >= 4 is 17.6 Å². The van der Waals surface area contributed by atoms with Gasteiger partial charge in [-0.2, -0.15) is 0 Å². The molecule has 1 unspecified atom stereocenters. The fourth-order valence-corrected chi connectivity index (χ4v) is 1.50. The predicted molar refractivity (Wildman–Crippen MR) is 69.1 cm³/mol. The van der Waals surface area contributed by atoms with Crippen molar-refractivity contribution in [3.05, 3.63) is 29.8 Å². The van der Waals surface area contributed by atoms with E-state index in [-0.39, 0.29) is 19.4 Å². The molecule has 19 heavy (non-hydrogen) atoms. The lowest BCUT2D eigenvalue weighted by atomic mass is 10.1. The van der Waals surface area contributed by atoms with E-state index in [0.717, 1.165) is 0 Å². The van der Waals surface area contributed by atoms with Crippen LogP contribution in [0.5, 0.6) is 0 Å². The number of hydrogen-bond acceptors (Lipinski definition) is 5. The number of anilines is 1. The molecule has 0 spiro atoms. The average Bonchev–Trinajstić information content (AvgIpc) is 2.42. The number of esters is 1. The Labute approximate surface area is 111 Å². The fraction of sp³-hybridized carbons (Fsp3) is 0.385. The van der Waals surface area contributed by atoms with Crippen LogP contribution >= 0.6 is 0 Å². The number of carbonyl (C=O) groups excluding carboxylic acids is 1. The lowest BCUT2D eigenvalue weighted by molar-refractivity contribution is -0.137. The molecule has 0 aliphatic carbocycles. The molecule has 6 nitrogen and oxygen atoms in total. The summed E-state index contributed by atoms with van der Waals surface area (Å²) in [6.07, 6.45) is -0.651. The van der Waals surface area contributed by atoms with Crippen molar-refractivity contribution in [3.63, 3.8) is 0 Å². The Morgan fingerprint density at radius 2 is 2.16 bits per heavy atom. The van der Waals surface area contributed by atoms with Gasteiger partial charge in [0.1, 0.15) is 0 Å². The Kier molecular flexibility index (Phi) is 5.81. The van der Waals surface area contributed by atoms with Crippen molar-refractivity contribution in [2.24, 2.45) is 0 Å². The molecule has 0 radical (unpaired) electrons. The van der Waals surface area contributed by atoms with E-state index in [1.54, 1.807) is 24.3 Å². The Bertz CT molecular complexity index is 446. The van der Waals surface area contributed by atoms with Gasteiger partial charge in [-0.25, -0.2) is 4.79 Å². The van der Waals surface area contributed by atoms with Gasteiger partial charge in [0.15, 0.2) is 0 Å². The van der Waals surface area contributed by atoms with Crippen LogP contribution in [0.2, 0.25) is 0 Å². The highest BCUT2D eigenvalue weighted by Gasteiger charge is 2.08. The average molecular weight is 267 g/mol. The summed E-state index contributed by atoms with van der Waals surface area (Å²) in [7, 11) is 1.30. The minimum Gasteiger partial charge on any atom is -0.481 e. The molecular weight excluding hydrogens is 250 g/mol. The summed E-state index contributed by atoms with van der Waals surface area (Å²) in [6.45, 7) is 0.220. The first kappa shape index (κ1) is 15.0. The summed E-state index contributed by atoms with van der Waals surface area (Å²) >= 11 is 0. The molecule has 0 heterocycles. The summed E-state index contributed by atoms with van der Waals surface area (Å²) in [5.74, 6) is -1.37. The third-order valence-corrected chi connectivity index (χ3v) is 2.52. The number of aliphatic hydroxyl groups is 1. The number of aliphatic hydroxyl groups excluding tert-OH is 1. The number of hydrogen-bond donors (Lipinski definition) is 3. The normalized spacial score (nSPS) is 11.7. The second-order valence-corrected chi connectivity index (χ2v) is 4.04. The van der Waals surface area contributed by atoms with Crippen molar-refractivity contribution in [2.45, 2.75) is 18.9 Å². The van der Waals surface area contributed by atoms with Gasteiger partial charge in [-0.3, -0.25) is 4.79 Å². The van der Waals surface area contributed by atoms with E-state index in [2.05, 4.69) is 10.1 Å². The molecule has 1 rings (SSSR count). The Hall–Kier alpha value is -2.08. The zero-order valence-electron chi connectivity index (χ0n) is 10.6. The lowest BCUT2D eigenvalue weighted by Crippen LogP contribution is -2.20. The first-order valence-corrected chi connectivity index (χ1v) is 5.85. The number of nitrogens with one attached hydrogen (secondary N) is 1. The summed E-state index contributed by atoms with van der Waals surface area (Å²) in [6, 6.07) is 6.67. The summed E-state index contributed by atoms with van der Waals surface area (Å²) in [4.78, 5) is 21.7. The third kappa shape index (κ3) is 5.39. The third-order valence-electron chi connectivity index (χ3n) is 2.52. The molecule has 0 bridgehead atoms. The Balaban J connectivity index is 2.49. The van der Waals surface area contributed by atoms with E-state index >= 15 is 0 Å². The summed E-state index contributed by atoms with van der Waals surface area (Å²) in [5.41, 5.74) is 1.07. The number of carboxylic acids is 1. The topological polar surface area (TPSA) is 95.9 Å². The van der Waals surface area contributed by atoms with Crippen LogP contribution in [0.1, 0.15) is 23.2 Å². The van der Waals surface area contributed by atoms with E-state index in [1.165, 1.54) is 7.11 Å². The second-order valence-electron chi connectivity index (χ2n) is 4.04. The fourth-order valence-electron chi connectivity index (χ4n) is 1.50. The quantitative estimate of drug-likeness (QED) is 0.640. The Morgan fingerprint density at radius 3 is 2.79 bits per heavy atom. The van der Waals surface area contributed by atoms with Crippen LogP contribution in [0.3, 0.4) is 0 Å². The lowest BCUT2D eigenvalue weighted by Gasteiger charge is -2.12. The molecule has 1 aromatic carbocycles. The molecule has 0 amide bonds. The highest BCUT2D eigenvalue weighted by Crippen LogP contribution is 2.12.